The molecule has 4 rings (SSSR count). The van der Waals surface area contributed by atoms with Crippen molar-refractivity contribution in [2.75, 3.05) is 0 Å². The van der Waals surface area contributed by atoms with E-state index in [2.05, 4.69) is 9.97 Å². The Morgan fingerprint density at radius 1 is 1.06 bits per heavy atom. The lowest BCUT2D eigenvalue weighted by atomic mass is 9.96. The van der Waals surface area contributed by atoms with Crippen LogP contribution in [0.1, 0.15) is 55.0 Å². The zero-order chi connectivity index (χ0) is 25.7. The Labute approximate surface area is 204 Å². The molecule has 7 heteroatoms. The van der Waals surface area contributed by atoms with Crippen LogP contribution in [0.5, 0.6) is 0 Å². The lowest BCUT2D eigenvalue weighted by Crippen LogP contribution is -2.33. The van der Waals surface area contributed by atoms with Gasteiger partial charge in [-0.15, -0.1) is 0 Å². The van der Waals surface area contributed by atoms with Crippen LogP contribution < -0.4 is 5.43 Å². The summed E-state index contributed by atoms with van der Waals surface area (Å²) >= 11 is 0. The molecule has 2 aromatic carbocycles. The van der Waals surface area contributed by atoms with E-state index in [-0.39, 0.29) is 5.43 Å². The van der Waals surface area contributed by atoms with Crippen LogP contribution in [0, 0.1) is 27.7 Å². The minimum absolute atomic E-state index is 0.222. The van der Waals surface area contributed by atoms with Gasteiger partial charge in [0, 0.05) is 22.5 Å². The number of nitrogens with zero attached hydrogens (tertiary/aromatic N) is 2. The minimum atomic E-state index is -1.33. The zero-order valence-electron chi connectivity index (χ0n) is 21.2. The average molecular weight is 474 g/mol. The SMILES string of the molecule is Cc1ccc(-n2c(C)c(-c3ccc4nc[nH]c4c3)c(=O)c(C)c2C(OC(C)(C)C)C(=O)O)cc1C. The van der Waals surface area contributed by atoms with Crippen molar-refractivity contribution in [3.05, 3.63) is 81.0 Å². The van der Waals surface area contributed by atoms with Crippen molar-refractivity contribution in [3.63, 3.8) is 0 Å². The van der Waals surface area contributed by atoms with Crippen molar-refractivity contribution in [1.29, 1.82) is 0 Å². The van der Waals surface area contributed by atoms with Gasteiger partial charge >= 0.3 is 5.97 Å². The summed E-state index contributed by atoms with van der Waals surface area (Å²) in [6.07, 6.45) is 0.289. The molecule has 7 nitrogen and oxygen atoms in total. The predicted octanol–water partition coefficient (Wildman–Crippen LogP) is 5.56. The molecule has 1 unspecified atom stereocenters. The van der Waals surface area contributed by atoms with E-state index in [1.165, 1.54) is 0 Å². The second-order valence-corrected chi connectivity index (χ2v) is 9.99. The van der Waals surface area contributed by atoms with Gasteiger partial charge in [-0.3, -0.25) is 4.79 Å². The number of rotatable bonds is 5. The van der Waals surface area contributed by atoms with Crippen LogP contribution in [0.25, 0.3) is 27.8 Å². The lowest BCUT2D eigenvalue weighted by Gasteiger charge is -2.30. The second kappa shape index (κ2) is 8.82. The highest BCUT2D eigenvalue weighted by atomic mass is 16.5. The fourth-order valence-corrected chi connectivity index (χ4v) is 4.45. The third-order valence-electron chi connectivity index (χ3n) is 6.29. The fourth-order valence-electron chi connectivity index (χ4n) is 4.45. The third kappa shape index (κ3) is 4.51. The number of hydrogen-bond donors (Lipinski definition) is 2. The molecule has 2 aromatic heterocycles. The second-order valence-electron chi connectivity index (χ2n) is 9.99. The number of nitrogens with one attached hydrogen (secondary N) is 1. The molecule has 4 aromatic rings. The van der Waals surface area contributed by atoms with Crippen molar-refractivity contribution in [2.24, 2.45) is 0 Å². The van der Waals surface area contributed by atoms with Crippen molar-refractivity contribution in [2.45, 2.75) is 60.2 Å². The van der Waals surface area contributed by atoms with Crippen LogP contribution in [-0.2, 0) is 9.53 Å². The molecule has 0 amide bonds. The standard InChI is InChI=1S/C28H31N3O4/c1-15-8-10-20(12-16(15)2)31-18(4)23(19-9-11-21-22(13-19)30-14-29-21)25(32)17(3)24(31)26(27(33)34)35-28(5,6)7/h8-14,26H,1-7H3,(H,29,30)(H,33,34). The molecule has 0 saturated heterocycles. The van der Waals surface area contributed by atoms with Crippen LogP contribution in [0.2, 0.25) is 0 Å². The van der Waals surface area contributed by atoms with Gasteiger partial charge < -0.3 is 19.4 Å². The smallest absolute Gasteiger partial charge is 0.339 e. The number of ether oxygens (including phenoxy) is 1. The number of aromatic amines is 1. The monoisotopic (exact) mass is 473 g/mol. The van der Waals surface area contributed by atoms with Crippen molar-refractivity contribution < 1.29 is 14.6 Å². The molecule has 0 spiro atoms. The highest BCUT2D eigenvalue weighted by Crippen LogP contribution is 2.33. The Kier molecular flexibility index (Phi) is 6.15. The Bertz CT molecular complexity index is 1510. The minimum Gasteiger partial charge on any atom is -0.479 e. The molecule has 0 aliphatic heterocycles. The molecule has 182 valence electrons. The van der Waals surface area contributed by atoms with E-state index in [0.717, 1.165) is 33.4 Å². The number of carboxylic acids is 1. The van der Waals surface area contributed by atoms with Crippen molar-refractivity contribution in [3.8, 4) is 16.8 Å². The number of H-pyrrole nitrogens is 1. The highest BCUT2D eigenvalue weighted by molar-refractivity contribution is 5.83. The fraction of sp³-hybridized carbons (Fsp3) is 0.321. The first-order valence-corrected chi connectivity index (χ1v) is 11.6. The molecule has 2 N–H and O–H groups in total. The zero-order valence-corrected chi connectivity index (χ0v) is 21.2. The van der Waals surface area contributed by atoms with E-state index >= 15 is 0 Å². The lowest BCUT2D eigenvalue weighted by molar-refractivity contribution is -0.161. The maximum Gasteiger partial charge on any atom is 0.339 e. The van der Waals surface area contributed by atoms with Gasteiger partial charge in [-0.05, 0) is 89.4 Å². The summed E-state index contributed by atoms with van der Waals surface area (Å²) in [5.74, 6) is -1.15. The first-order chi connectivity index (χ1) is 16.4. The van der Waals surface area contributed by atoms with Gasteiger partial charge in [-0.25, -0.2) is 9.78 Å². The molecule has 2 heterocycles. The van der Waals surface area contributed by atoms with Gasteiger partial charge in [-0.2, -0.15) is 0 Å². The Balaban J connectivity index is 2.10. The number of imidazole rings is 1. The molecular weight excluding hydrogens is 442 g/mol. The van der Waals surface area contributed by atoms with E-state index in [1.807, 2.05) is 61.7 Å². The topological polar surface area (TPSA) is 97.2 Å². The van der Waals surface area contributed by atoms with E-state index in [1.54, 1.807) is 34.0 Å². The normalized spacial score (nSPS) is 12.8. The van der Waals surface area contributed by atoms with Crippen LogP contribution in [0.3, 0.4) is 0 Å². The van der Waals surface area contributed by atoms with Crippen LogP contribution in [0.15, 0.2) is 47.5 Å². The maximum atomic E-state index is 13.8. The number of aromatic nitrogens is 3. The number of carboxylic acid groups (broad SMARTS) is 1. The first-order valence-electron chi connectivity index (χ1n) is 11.6. The molecule has 35 heavy (non-hydrogen) atoms. The summed E-state index contributed by atoms with van der Waals surface area (Å²) in [4.78, 5) is 33.6. The van der Waals surface area contributed by atoms with Gasteiger partial charge in [0.1, 0.15) is 0 Å². The molecular formula is C28H31N3O4. The molecule has 0 aliphatic carbocycles. The average Bonchev–Trinajstić information content (AvgIpc) is 3.24. The number of aryl methyl sites for hydroxylation is 2. The van der Waals surface area contributed by atoms with E-state index in [9.17, 15) is 14.7 Å². The van der Waals surface area contributed by atoms with Crippen molar-refractivity contribution in [1.82, 2.24) is 14.5 Å². The van der Waals surface area contributed by atoms with Crippen LogP contribution in [-0.4, -0.2) is 31.2 Å². The number of hydrogen-bond acceptors (Lipinski definition) is 4. The van der Waals surface area contributed by atoms with Gasteiger partial charge in [-0.1, -0.05) is 12.1 Å². The predicted molar refractivity (Wildman–Crippen MR) is 137 cm³/mol. The summed E-state index contributed by atoms with van der Waals surface area (Å²) in [6, 6.07) is 11.6. The summed E-state index contributed by atoms with van der Waals surface area (Å²) in [5, 5.41) is 10.2. The summed E-state index contributed by atoms with van der Waals surface area (Å²) < 4.78 is 7.87. The summed E-state index contributed by atoms with van der Waals surface area (Å²) in [7, 11) is 0. The molecule has 1 atom stereocenters. The summed E-state index contributed by atoms with van der Waals surface area (Å²) in [5.41, 5.74) is 6.18. The Morgan fingerprint density at radius 3 is 2.40 bits per heavy atom. The molecule has 0 bridgehead atoms. The number of fused-ring (bicyclic) bond motifs is 1. The number of pyridine rings is 1. The Hall–Kier alpha value is -3.71. The van der Waals surface area contributed by atoms with E-state index < -0.39 is 17.7 Å². The Morgan fingerprint density at radius 2 is 1.77 bits per heavy atom. The van der Waals surface area contributed by atoms with Gasteiger partial charge in [0.15, 0.2) is 11.5 Å². The van der Waals surface area contributed by atoms with Gasteiger partial charge in [0.2, 0.25) is 0 Å². The van der Waals surface area contributed by atoms with Crippen LogP contribution >= 0.6 is 0 Å². The molecule has 0 fully saturated rings. The van der Waals surface area contributed by atoms with E-state index in [0.29, 0.717) is 22.5 Å². The van der Waals surface area contributed by atoms with Gasteiger partial charge in [0.25, 0.3) is 0 Å². The molecule has 0 saturated carbocycles. The quantitative estimate of drug-likeness (QED) is 0.396. The van der Waals surface area contributed by atoms with Gasteiger partial charge in [0.05, 0.1) is 28.7 Å². The number of benzene rings is 2. The van der Waals surface area contributed by atoms with Crippen molar-refractivity contribution >= 4 is 17.0 Å². The molecule has 0 aliphatic rings. The maximum absolute atomic E-state index is 13.8. The third-order valence-corrected chi connectivity index (χ3v) is 6.29. The van der Waals surface area contributed by atoms with Crippen LogP contribution in [0.4, 0.5) is 0 Å². The highest BCUT2D eigenvalue weighted by Gasteiger charge is 2.33. The molecule has 0 radical (unpaired) electrons. The van der Waals surface area contributed by atoms with E-state index in [4.69, 9.17) is 4.74 Å². The summed E-state index contributed by atoms with van der Waals surface area (Å²) in [6.45, 7) is 13.0. The largest absolute Gasteiger partial charge is 0.479 e. The number of carbonyl (C=O) groups is 1. The number of aliphatic carboxylic acids is 1. The first kappa shape index (κ1) is 24.4.